The van der Waals surface area contributed by atoms with Gasteiger partial charge in [0.25, 0.3) is 0 Å². The third-order valence-corrected chi connectivity index (χ3v) is 3.71. The Labute approximate surface area is 132 Å². The van der Waals surface area contributed by atoms with Gasteiger partial charge in [-0.2, -0.15) is 0 Å². The first-order valence-corrected chi connectivity index (χ1v) is 6.82. The van der Waals surface area contributed by atoms with E-state index < -0.39 is 0 Å². The molecule has 1 N–H and O–H groups in total. The molecule has 1 aromatic carbocycles. The molecule has 0 saturated heterocycles. The van der Waals surface area contributed by atoms with Gasteiger partial charge in [0.1, 0.15) is 21.8 Å². The minimum absolute atomic E-state index is 0. The lowest BCUT2D eigenvalue weighted by Crippen LogP contribution is -1.95. The van der Waals surface area contributed by atoms with Gasteiger partial charge >= 0.3 is 0 Å². The van der Waals surface area contributed by atoms with Gasteiger partial charge in [-0.3, -0.25) is 0 Å². The van der Waals surface area contributed by atoms with Crippen molar-refractivity contribution < 1.29 is 9.47 Å². The van der Waals surface area contributed by atoms with Crippen LogP contribution in [0.15, 0.2) is 36.5 Å². The monoisotopic (exact) mass is 323 g/mol. The van der Waals surface area contributed by atoms with Gasteiger partial charge in [-0.25, -0.2) is 9.97 Å². The molecule has 0 amide bonds. The number of methoxy groups -OCH3 is 2. The Bertz CT molecular complexity index is 715. The van der Waals surface area contributed by atoms with Crippen LogP contribution in [0.1, 0.15) is 0 Å². The third kappa shape index (κ3) is 3.17. The zero-order valence-corrected chi connectivity index (χ0v) is 13.1. The summed E-state index contributed by atoms with van der Waals surface area (Å²) >= 11 is 1.50. The molecule has 2 aromatic heterocycles. The lowest BCUT2D eigenvalue weighted by Gasteiger charge is -2.10. The van der Waals surface area contributed by atoms with E-state index in [4.69, 9.17) is 9.47 Å². The maximum absolute atomic E-state index is 5.35. The summed E-state index contributed by atoms with van der Waals surface area (Å²) in [7, 11) is 3.25. The van der Waals surface area contributed by atoms with Gasteiger partial charge in [0.15, 0.2) is 5.13 Å². The SMILES string of the molecule is COc1ccc(Nc2nc3cccnc3s2)c(OC)c1.Cl. The number of nitrogens with one attached hydrogen (secondary N) is 1. The van der Waals surface area contributed by atoms with Gasteiger partial charge in [0.2, 0.25) is 0 Å². The first-order chi connectivity index (χ1) is 9.80. The van der Waals surface area contributed by atoms with Crippen LogP contribution in [-0.4, -0.2) is 24.2 Å². The zero-order chi connectivity index (χ0) is 13.9. The highest BCUT2D eigenvalue weighted by atomic mass is 35.5. The highest BCUT2D eigenvalue weighted by Gasteiger charge is 2.09. The molecule has 7 heteroatoms. The third-order valence-electron chi connectivity index (χ3n) is 2.82. The zero-order valence-electron chi connectivity index (χ0n) is 11.5. The second kappa shape index (κ2) is 6.60. The summed E-state index contributed by atoms with van der Waals surface area (Å²) in [6.45, 7) is 0. The predicted octanol–water partition coefficient (Wildman–Crippen LogP) is 3.87. The van der Waals surface area contributed by atoms with Gasteiger partial charge in [-0.05, 0) is 24.3 Å². The number of hydrogen-bond acceptors (Lipinski definition) is 6. The van der Waals surface area contributed by atoms with Crippen LogP contribution in [0, 0.1) is 0 Å². The lowest BCUT2D eigenvalue weighted by atomic mass is 10.3. The lowest BCUT2D eigenvalue weighted by molar-refractivity contribution is 0.395. The van der Waals surface area contributed by atoms with Crippen LogP contribution in [0.25, 0.3) is 10.3 Å². The molecule has 0 fully saturated rings. The molecule has 21 heavy (non-hydrogen) atoms. The van der Waals surface area contributed by atoms with E-state index in [0.717, 1.165) is 26.9 Å². The van der Waals surface area contributed by atoms with E-state index in [1.165, 1.54) is 11.3 Å². The van der Waals surface area contributed by atoms with Gasteiger partial charge in [-0.15, -0.1) is 12.4 Å². The molecule has 2 heterocycles. The quantitative estimate of drug-likeness (QED) is 0.789. The fourth-order valence-electron chi connectivity index (χ4n) is 1.84. The van der Waals surface area contributed by atoms with Crippen molar-refractivity contribution >= 4 is 44.9 Å². The van der Waals surface area contributed by atoms with E-state index in [1.54, 1.807) is 20.4 Å². The normalized spacial score (nSPS) is 10.0. The van der Waals surface area contributed by atoms with Crippen LogP contribution < -0.4 is 14.8 Å². The van der Waals surface area contributed by atoms with Crippen LogP contribution >= 0.6 is 23.7 Å². The summed E-state index contributed by atoms with van der Waals surface area (Å²) in [6, 6.07) is 9.41. The Morgan fingerprint density at radius 2 is 2.00 bits per heavy atom. The van der Waals surface area contributed by atoms with Crippen LogP contribution in [0.5, 0.6) is 11.5 Å². The van der Waals surface area contributed by atoms with Crippen molar-refractivity contribution in [3.8, 4) is 11.5 Å². The molecule has 5 nitrogen and oxygen atoms in total. The number of anilines is 2. The number of halogens is 1. The van der Waals surface area contributed by atoms with E-state index in [-0.39, 0.29) is 12.4 Å². The molecule has 0 spiro atoms. The highest BCUT2D eigenvalue weighted by Crippen LogP contribution is 2.33. The van der Waals surface area contributed by atoms with E-state index in [2.05, 4.69) is 15.3 Å². The smallest absolute Gasteiger partial charge is 0.189 e. The van der Waals surface area contributed by atoms with Crippen molar-refractivity contribution in [2.24, 2.45) is 0 Å². The number of thiazole rings is 1. The molecule has 0 bridgehead atoms. The molecule has 110 valence electrons. The average Bonchev–Trinajstić information content (AvgIpc) is 2.90. The van der Waals surface area contributed by atoms with Crippen molar-refractivity contribution in [2.75, 3.05) is 19.5 Å². The first kappa shape index (κ1) is 15.3. The standard InChI is InChI=1S/C14H13N3O2S.ClH/c1-18-9-5-6-10(12(8-9)19-2)16-14-17-11-4-3-7-15-13(11)20-14;/h3-8H,1-2H3,(H,16,17);1H. The Balaban J connectivity index is 0.00000161. The van der Waals surface area contributed by atoms with E-state index in [9.17, 15) is 0 Å². The number of fused-ring (bicyclic) bond motifs is 1. The van der Waals surface area contributed by atoms with E-state index in [0.29, 0.717) is 5.75 Å². The summed E-state index contributed by atoms with van der Waals surface area (Å²) < 4.78 is 10.5. The average molecular weight is 324 g/mol. The Morgan fingerprint density at radius 3 is 2.71 bits per heavy atom. The molecule has 0 aliphatic heterocycles. The molecule has 3 rings (SSSR count). The number of nitrogens with zero attached hydrogens (tertiary/aromatic N) is 2. The first-order valence-electron chi connectivity index (χ1n) is 6.01. The highest BCUT2D eigenvalue weighted by molar-refractivity contribution is 7.21. The summed E-state index contributed by atoms with van der Waals surface area (Å²) in [6.07, 6.45) is 1.76. The van der Waals surface area contributed by atoms with Crippen LogP contribution in [0.3, 0.4) is 0 Å². The van der Waals surface area contributed by atoms with Gasteiger partial charge < -0.3 is 14.8 Å². The second-order valence-electron chi connectivity index (χ2n) is 4.04. The largest absolute Gasteiger partial charge is 0.497 e. The minimum atomic E-state index is 0. The van der Waals surface area contributed by atoms with Crippen molar-refractivity contribution in [3.63, 3.8) is 0 Å². The Morgan fingerprint density at radius 1 is 1.14 bits per heavy atom. The minimum Gasteiger partial charge on any atom is -0.497 e. The summed E-state index contributed by atoms with van der Waals surface area (Å²) in [5.41, 5.74) is 1.72. The van der Waals surface area contributed by atoms with Crippen LogP contribution in [0.4, 0.5) is 10.8 Å². The molecule has 0 aliphatic rings. The molecule has 3 aromatic rings. The molecule has 0 aliphatic carbocycles. The van der Waals surface area contributed by atoms with Crippen molar-refractivity contribution in [3.05, 3.63) is 36.5 Å². The number of benzene rings is 1. The second-order valence-corrected chi connectivity index (χ2v) is 5.02. The molecule has 0 atom stereocenters. The number of aromatic nitrogens is 2. The Kier molecular flexibility index (Phi) is 4.82. The number of hydrogen-bond donors (Lipinski definition) is 1. The summed E-state index contributed by atoms with van der Waals surface area (Å²) in [4.78, 5) is 9.67. The maximum atomic E-state index is 5.35. The molecule has 0 unspecified atom stereocenters. The van der Waals surface area contributed by atoms with Crippen molar-refractivity contribution in [1.82, 2.24) is 9.97 Å². The van der Waals surface area contributed by atoms with E-state index in [1.807, 2.05) is 30.3 Å². The Hall–Kier alpha value is -2.05. The van der Waals surface area contributed by atoms with Crippen molar-refractivity contribution in [1.29, 1.82) is 0 Å². The molecule has 0 saturated carbocycles. The van der Waals surface area contributed by atoms with E-state index >= 15 is 0 Å². The summed E-state index contributed by atoms with van der Waals surface area (Å²) in [5.74, 6) is 1.45. The molecule has 0 radical (unpaired) electrons. The summed E-state index contributed by atoms with van der Waals surface area (Å²) in [5, 5.41) is 4.03. The van der Waals surface area contributed by atoms with Gasteiger partial charge in [0.05, 0.1) is 19.9 Å². The maximum Gasteiger partial charge on any atom is 0.189 e. The predicted molar refractivity (Wildman–Crippen MR) is 87.5 cm³/mol. The number of rotatable bonds is 4. The fraction of sp³-hybridized carbons (Fsp3) is 0.143. The number of pyridine rings is 1. The molecular formula is C14H14ClN3O2S. The topological polar surface area (TPSA) is 56.3 Å². The van der Waals surface area contributed by atoms with Crippen molar-refractivity contribution in [2.45, 2.75) is 0 Å². The van der Waals surface area contributed by atoms with Crippen LogP contribution in [0.2, 0.25) is 0 Å². The van der Waals surface area contributed by atoms with Gasteiger partial charge in [-0.1, -0.05) is 11.3 Å². The van der Waals surface area contributed by atoms with Crippen LogP contribution in [-0.2, 0) is 0 Å². The molecular weight excluding hydrogens is 310 g/mol. The van der Waals surface area contributed by atoms with Gasteiger partial charge in [0, 0.05) is 12.3 Å². The number of ether oxygens (including phenoxy) is 2. The fourth-order valence-corrected chi connectivity index (χ4v) is 2.66.